The third-order valence-corrected chi connectivity index (χ3v) is 1.16. The largest absolute Gasteiger partial charge is 0.361 e. The lowest BCUT2D eigenvalue weighted by molar-refractivity contribution is -0.00856. The molecule has 0 heterocycles. The summed E-state index contributed by atoms with van der Waals surface area (Å²) in [6, 6.07) is 0. The van der Waals surface area contributed by atoms with Crippen molar-refractivity contribution >= 4 is 5.71 Å². The van der Waals surface area contributed by atoms with E-state index in [1.54, 1.807) is 0 Å². The molecule has 1 aliphatic rings. The van der Waals surface area contributed by atoms with Crippen LogP contribution >= 0.6 is 0 Å². The molecule has 0 saturated heterocycles. The van der Waals surface area contributed by atoms with E-state index in [1.807, 2.05) is 0 Å². The van der Waals surface area contributed by atoms with Gasteiger partial charge in [0.1, 0.15) is 0 Å². The predicted octanol–water partition coefficient (Wildman–Crippen LogP) is 1.77. The molecule has 1 rings (SSSR count). The lowest BCUT2D eigenvalue weighted by atomic mass is 10.1. The van der Waals surface area contributed by atoms with Gasteiger partial charge in [-0.25, -0.2) is 4.39 Å². The summed E-state index contributed by atoms with van der Waals surface area (Å²) >= 11 is 0. The number of halogens is 2. The number of hydrogen-bond donors (Lipinski definition) is 0. The van der Waals surface area contributed by atoms with Crippen molar-refractivity contribution < 1.29 is 13.6 Å². The normalized spacial score (nSPS) is 17.6. The maximum absolute atomic E-state index is 12.4. The van der Waals surface area contributed by atoms with Gasteiger partial charge in [0, 0.05) is 0 Å². The van der Waals surface area contributed by atoms with Crippen molar-refractivity contribution in [1.82, 2.24) is 0 Å². The Morgan fingerprint density at radius 1 is 1.50 bits per heavy atom. The van der Waals surface area contributed by atoms with Crippen LogP contribution in [0.5, 0.6) is 0 Å². The molecule has 0 saturated carbocycles. The van der Waals surface area contributed by atoms with Crippen LogP contribution < -0.4 is 0 Å². The van der Waals surface area contributed by atoms with E-state index in [2.05, 4.69) is 4.79 Å². The molecular formula is C6H4F2N2. The van der Waals surface area contributed by atoms with Gasteiger partial charge in [0.2, 0.25) is 5.83 Å². The van der Waals surface area contributed by atoms with Crippen molar-refractivity contribution in [2.75, 3.05) is 0 Å². The molecule has 0 unspecified atom stereocenters. The third kappa shape index (κ3) is 1.01. The Kier molecular flexibility index (Phi) is 1.73. The van der Waals surface area contributed by atoms with Gasteiger partial charge in [0.25, 0.3) is 0 Å². The molecule has 0 atom stereocenters. The molecule has 10 heavy (non-hydrogen) atoms. The fourth-order valence-electron chi connectivity index (χ4n) is 0.659. The van der Waals surface area contributed by atoms with Gasteiger partial charge < -0.3 is 5.53 Å². The molecule has 0 spiro atoms. The van der Waals surface area contributed by atoms with Gasteiger partial charge in [0.05, 0.1) is 6.42 Å². The van der Waals surface area contributed by atoms with Crippen molar-refractivity contribution in [1.29, 1.82) is 0 Å². The summed E-state index contributed by atoms with van der Waals surface area (Å²) in [4.78, 5) is 2.57. The van der Waals surface area contributed by atoms with Gasteiger partial charge in [-0.05, 0) is 6.08 Å². The molecule has 0 fully saturated rings. The quantitative estimate of drug-likeness (QED) is 0.365. The van der Waals surface area contributed by atoms with Gasteiger partial charge in [-0.3, -0.25) is 0 Å². The summed E-state index contributed by atoms with van der Waals surface area (Å²) < 4.78 is 24.6. The molecule has 0 aromatic carbocycles. The molecule has 1 aliphatic carbocycles. The number of hydrogen-bond acceptors (Lipinski definition) is 0. The number of rotatable bonds is 0. The highest BCUT2D eigenvalue weighted by atomic mass is 19.2. The highest BCUT2D eigenvalue weighted by Gasteiger charge is 2.21. The highest BCUT2D eigenvalue weighted by Crippen LogP contribution is 2.17. The first-order chi connectivity index (χ1) is 4.75. The van der Waals surface area contributed by atoms with Crippen LogP contribution in [-0.2, 0) is 0 Å². The van der Waals surface area contributed by atoms with E-state index in [0.29, 0.717) is 0 Å². The van der Waals surface area contributed by atoms with E-state index in [1.165, 1.54) is 6.08 Å². The summed E-state index contributed by atoms with van der Waals surface area (Å²) in [6.07, 6.45) is 2.52. The zero-order valence-electron chi connectivity index (χ0n) is 5.01. The van der Waals surface area contributed by atoms with Crippen molar-refractivity contribution in [3.63, 3.8) is 0 Å². The van der Waals surface area contributed by atoms with E-state index in [-0.39, 0.29) is 12.1 Å². The summed E-state index contributed by atoms with van der Waals surface area (Å²) in [6.45, 7) is 0. The summed E-state index contributed by atoms with van der Waals surface area (Å²) in [7, 11) is 0. The Hall–Kier alpha value is -1.28. The van der Waals surface area contributed by atoms with Crippen LogP contribution in [0.1, 0.15) is 6.42 Å². The molecule has 52 valence electrons. The van der Waals surface area contributed by atoms with E-state index in [0.717, 1.165) is 6.08 Å². The molecule has 4 heteroatoms. The summed E-state index contributed by atoms with van der Waals surface area (Å²) in [5, 5.41) is 0. The van der Waals surface area contributed by atoms with Crippen LogP contribution in [0.2, 0.25) is 0 Å². The lowest BCUT2D eigenvalue weighted by Crippen LogP contribution is -2.03. The van der Waals surface area contributed by atoms with Crippen LogP contribution in [0.15, 0.2) is 23.8 Å². The number of allylic oxidation sites excluding steroid dienone is 4. The summed E-state index contributed by atoms with van der Waals surface area (Å²) in [5.74, 6) is -2.07. The molecular weight excluding hydrogens is 138 g/mol. The summed E-state index contributed by atoms with van der Waals surface area (Å²) in [5.41, 5.74) is 7.83. The first-order valence-corrected chi connectivity index (χ1v) is 2.69. The van der Waals surface area contributed by atoms with E-state index in [4.69, 9.17) is 5.53 Å². The Morgan fingerprint density at radius 3 is 2.70 bits per heavy atom. The SMILES string of the molecule is [N-]=[N+]=C1CC=CC(F)=C1F. The minimum absolute atomic E-state index is 0.135. The second kappa shape index (κ2) is 2.54. The second-order valence-electron chi connectivity index (χ2n) is 1.82. The van der Waals surface area contributed by atoms with Crippen molar-refractivity contribution in [2.24, 2.45) is 0 Å². The fourth-order valence-corrected chi connectivity index (χ4v) is 0.659. The molecule has 0 aliphatic heterocycles. The van der Waals surface area contributed by atoms with Crippen molar-refractivity contribution in [2.45, 2.75) is 6.42 Å². The maximum atomic E-state index is 12.4. The van der Waals surface area contributed by atoms with Crippen LogP contribution in [0, 0.1) is 0 Å². The first-order valence-electron chi connectivity index (χ1n) is 2.69. The topological polar surface area (TPSA) is 36.4 Å². The van der Waals surface area contributed by atoms with Crippen molar-refractivity contribution in [3.05, 3.63) is 29.3 Å². The van der Waals surface area contributed by atoms with E-state index < -0.39 is 11.7 Å². The zero-order valence-corrected chi connectivity index (χ0v) is 5.01. The molecule has 0 aromatic heterocycles. The van der Waals surface area contributed by atoms with Crippen LogP contribution in [0.25, 0.3) is 5.53 Å². The Labute approximate surface area is 56.1 Å². The minimum Gasteiger partial charge on any atom is -0.361 e. The van der Waals surface area contributed by atoms with Gasteiger partial charge in [0.15, 0.2) is 5.83 Å². The Balaban J connectivity index is 3.10. The lowest BCUT2D eigenvalue weighted by Gasteiger charge is -1.95. The highest BCUT2D eigenvalue weighted by molar-refractivity contribution is 5.96. The predicted molar refractivity (Wildman–Crippen MR) is 31.6 cm³/mol. The van der Waals surface area contributed by atoms with E-state index in [9.17, 15) is 8.78 Å². The molecule has 0 aromatic rings. The Bertz CT molecular complexity index is 259. The molecule has 0 N–H and O–H groups in total. The number of nitrogens with zero attached hydrogens (tertiary/aromatic N) is 2. The van der Waals surface area contributed by atoms with E-state index >= 15 is 0 Å². The third-order valence-electron chi connectivity index (χ3n) is 1.16. The minimum atomic E-state index is -1.08. The van der Waals surface area contributed by atoms with Gasteiger partial charge in [-0.1, -0.05) is 6.08 Å². The average Bonchev–Trinajstić information content (AvgIpc) is 1.95. The maximum Gasteiger partial charge on any atom is 0.334 e. The molecule has 0 amide bonds. The second-order valence-corrected chi connectivity index (χ2v) is 1.82. The van der Waals surface area contributed by atoms with Gasteiger partial charge >= 0.3 is 5.71 Å². The monoisotopic (exact) mass is 142 g/mol. The molecule has 0 radical (unpaired) electrons. The van der Waals surface area contributed by atoms with Crippen molar-refractivity contribution in [3.8, 4) is 0 Å². The zero-order chi connectivity index (χ0) is 7.56. The van der Waals surface area contributed by atoms with Crippen LogP contribution in [-0.4, -0.2) is 10.5 Å². The smallest absolute Gasteiger partial charge is 0.334 e. The molecule has 2 nitrogen and oxygen atoms in total. The standard InChI is InChI=1S/C6H4F2N2/c7-4-2-1-3-5(10-9)6(4)8/h1-2H,3H2. The van der Waals surface area contributed by atoms with Gasteiger partial charge in [-0.15, -0.1) is 0 Å². The fraction of sp³-hybridized carbons (Fsp3) is 0.167. The Morgan fingerprint density at radius 2 is 2.20 bits per heavy atom. The molecule has 0 bridgehead atoms. The van der Waals surface area contributed by atoms with Crippen LogP contribution in [0.3, 0.4) is 0 Å². The van der Waals surface area contributed by atoms with Gasteiger partial charge in [-0.2, -0.15) is 9.18 Å². The average molecular weight is 142 g/mol. The van der Waals surface area contributed by atoms with Crippen LogP contribution in [0.4, 0.5) is 8.78 Å². The first kappa shape index (κ1) is 6.83.